The molecule has 3 rings (SSSR count). The van der Waals surface area contributed by atoms with Gasteiger partial charge in [0.05, 0.1) is 23.9 Å². The number of hydrogen-bond donors (Lipinski definition) is 1. The van der Waals surface area contributed by atoms with Gasteiger partial charge in [0, 0.05) is 29.0 Å². The Balaban J connectivity index is 1.61. The summed E-state index contributed by atoms with van der Waals surface area (Å²) in [5.41, 5.74) is 1.43. The number of carbonyl (C=O) groups excluding carboxylic acids is 1. The van der Waals surface area contributed by atoms with E-state index in [1.807, 2.05) is 31.2 Å². The lowest BCUT2D eigenvalue weighted by molar-refractivity contribution is -0.113. The van der Waals surface area contributed by atoms with Crippen LogP contribution in [-0.4, -0.2) is 50.7 Å². The summed E-state index contributed by atoms with van der Waals surface area (Å²) in [7, 11) is -3.60. The van der Waals surface area contributed by atoms with Gasteiger partial charge in [0.1, 0.15) is 0 Å². The van der Waals surface area contributed by atoms with Crippen molar-refractivity contribution in [2.24, 2.45) is 0 Å². The van der Waals surface area contributed by atoms with Crippen molar-refractivity contribution in [2.75, 3.05) is 37.4 Å². The Morgan fingerprint density at radius 1 is 1.21 bits per heavy atom. The maximum absolute atomic E-state index is 12.8. The molecule has 0 aromatic heterocycles. The molecular formula is C20H23ClN2O4S2. The summed E-state index contributed by atoms with van der Waals surface area (Å²) in [5, 5.41) is 3.51. The van der Waals surface area contributed by atoms with Crippen LogP contribution in [0.2, 0.25) is 5.02 Å². The minimum Gasteiger partial charge on any atom is -0.379 e. The summed E-state index contributed by atoms with van der Waals surface area (Å²) in [6, 6.07) is 13.9. The minimum absolute atomic E-state index is 0.0579. The number of hydrogen-bond acceptors (Lipinski definition) is 5. The fraction of sp³-hybridized carbons (Fsp3) is 0.350. The molecule has 1 aliphatic heterocycles. The number of halogens is 1. The van der Waals surface area contributed by atoms with Crippen LogP contribution in [0.4, 0.5) is 5.69 Å². The van der Waals surface area contributed by atoms with Crippen molar-refractivity contribution in [3.05, 3.63) is 59.1 Å². The number of morpholine rings is 1. The van der Waals surface area contributed by atoms with Crippen LogP contribution in [0.1, 0.15) is 17.7 Å². The SMILES string of the molecule is C[C@H](SCC(=O)Nc1cccc(S(=O)(=O)N2CCOCC2)c1)c1ccccc1Cl. The first-order chi connectivity index (χ1) is 13.9. The van der Waals surface area contributed by atoms with Crippen molar-refractivity contribution in [2.45, 2.75) is 17.1 Å². The summed E-state index contributed by atoms with van der Waals surface area (Å²) in [4.78, 5) is 12.5. The van der Waals surface area contributed by atoms with E-state index in [4.69, 9.17) is 16.3 Å². The van der Waals surface area contributed by atoms with Crippen LogP contribution in [0.15, 0.2) is 53.4 Å². The monoisotopic (exact) mass is 454 g/mol. The highest BCUT2D eigenvalue weighted by Gasteiger charge is 2.26. The Morgan fingerprint density at radius 3 is 2.66 bits per heavy atom. The Bertz CT molecular complexity index is 962. The standard InChI is InChI=1S/C20H23ClN2O4S2/c1-15(18-7-2-3-8-19(18)21)28-14-20(24)22-16-5-4-6-17(13-16)29(25,26)23-9-11-27-12-10-23/h2-8,13,15H,9-12,14H2,1H3,(H,22,24)/t15-/m0/s1. The van der Waals surface area contributed by atoms with Gasteiger partial charge < -0.3 is 10.1 Å². The molecule has 1 aliphatic rings. The summed E-state index contributed by atoms with van der Waals surface area (Å²) < 4.78 is 32.2. The predicted molar refractivity (Wildman–Crippen MR) is 117 cm³/mol. The minimum atomic E-state index is -3.60. The van der Waals surface area contributed by atoms with Crippen LogP contribution in [-0.2, 0) is 19.6 Å². The number of nitrogens with one attached hydrogen (secondary N) is 1. The number of nitrogens with zero attached hydrogens (tertiary/aromatic N) is 1. The molecule has 0 bridgehead atoms. The second kappa shape index (κ2) is 9.95. The van der Waals surface area contributed by atoms with E-state index in [-0.39, 0.29) is 21.8 Å². The third-order valence-electron chi connectivity index (χ3n) is 4.53. The number of amides is 1. The van der Waals surface area contributed by atoms with Crippen molar-refractivity contribution in [1.82, 2.24) is 4.31 Å². The number of benzene rings is 2. The molecule has 1 heterocycles. The summed E-state index contributed by atoms with van der Waals surface area (Å²) in [6.45, 7) is 3.42. The fourth-order valence-electron chi connectivity index (χ4n) is 2.96. The number of anilines is 1. The van der Waals surface area contributed by atoms with Crippen molar-refractivity contribution in [1.29, 1.82) is 0 Å². The average molecular weight is 455 g/mol. The van der Waals surface area contributed by atoms with Crippen molar-refractivity contribution >= 4 is 45.0 Å². The summed E-state index contributed by atoms with van der Waals surface area (Å²) in [5.74, 6) is 0.0298. The average Bonchev–Trinajstić information content (AvgIpc) is 2.73. The molecule has 0 spiro atoms. The van der Waals surface area contributed by atoms with Gasteiger partial charge in [-0.3, -0.25) is 4.79 Å². The molecule has 0 radical (unpaired) electrons. The molecule has 156 valence electrons. The Labute approximate surface area is 180 Å². The Kier molecular flexibility index (Phi) is 7.59. The van der Waals surface area contributed by atoms with Crippen molar-refractivity contribution < 1.29 is 17.9 Å². The van der Waals surface area contributed by atoms with Crippen LogP contribution in [0.5, 0.6) is 0 Å². The van der Waals surface area contributed by atoms with Crippen molar-refractivity contribution in [3.63, 3.8) is 0 Å². The van der Waals surface area contributed by atoms with Gasteiger partial charge >= 0.3 is 0 Å². The van der Waals surface area contributed by atoms with E-state index < -0.39 is 10.0 Å². The molecule has 9 heteroatoms. The fourth-order valence-corrected chi connectivity index (χ4v) is 5.64. The summed E-state index contributed by atoms with van der Waals surface area (Å²) in [6.07, 6.45) is 0. The largest absolute Gasteiger partial charge is 0.379 e. The highest BCUT2D eigenvalue weighted by Crippen LogP contribution is 2.32. The van der Waals surface area contributed by atoms with Crippen LogP contribution >= 0.6 is 23.4 Å². The van der Waals surface area contributed by atoms with Gasteiger partial charge in [-0.25, -0.2) is 8.42 Å². The predicted octanol–water partition coefficient (Wildman–Crippen LogP) is 3.79. The number of carbonyl (C=O) groups is 1. The van der Waals surface area contributed by atoms with E-state index in [1.165, 1.54) is 28.2 Å². The van der Waals surface area contributed by atoms with Crippen LogP contribution in [0.3, 0.4) is 0 Å². The third-order valence-corrected chi connectivity index (χ3v) is 7.95. The Hall–Kier alpha value is -1.58. The topological polar surface area (TPSA) is 75.7 Å². The van der Waals surface area contributed by atoms with Gasteiger partial charge in [0.2, 0.25) is 15.9 Å². The molecular weight excluding hydrogens is 432 g/mol. The first-order valence-electron chi connectivity index (χ1n) is 9.22. The van der Waals surface area contributed by atoms with E-state index in [1.54, 1.807) is 12.1 Å². The van der Waals surface area contributed by atoms with E-state index in [9.17, 15) is 13.2 Å². The zero-order chi connectivity index (χ0) is 20.9. The van der Waals surface area contributed by atoms with Gasteiger partial charge in [-0.2, -0.15) is 4.31 Å². The number of sulfonamides is 1. The number of ether oxygens (including phenoxy) is 1. The molecule has 1 saturated heterocycles. The number of thioether (sulfide) groups is 1. The molecule has 29 heavy (non-hydrogen) atoms. The van der Waals surface area contributed by atoms with Gasteiger partial charge in [-0.05, 0) is 36.8 Å². The van der Waals surface area contributed by atoms with Crippen molar-refractivity contribution in [3.8, 4) is 0 Å². The third kappa shape index (κ3) is 5.73. The van der Waals surface area contributed by atoms with Gasteiger partial charge in [0.15, 0.2) is 0 Å². The zero-order valence-electron chi connectivity index (χ0n) is 16.0. The highest BCUT2D eigenvalue weighted by atomic mass is 35.5. The first kappa shape index (κ1) is 22.1. The zero-order valence-corrected chi connectivity index (χ0v) is 18.4. The lowest BCUT2D eigenvalue weighted by Gasteiger charge is -2.26. The molecule has 2 aromatic rings. The van der Waals surface area contributed by atoms with Crippen LogP contribution in [0.25, 0.3) is 0 Å². The quantitative estimate of drug-likeness (QED) is 0.688. The van der Waals surface area contributed by atoms with Crippen LogP contribution in [0, 0.1) is 0 Å². The maximum Gasteiger partial charge on any atom is 0.243 e. The maximum atomic E-state index is 12.8. The first-order valence-corrected chi connectivity index (χ1v) is 12.1. The normalized spacial score (nSPS) is 16.3. The Morgan fingerprint density at radius 2 is 1.93 bits per heavy atom. The summed E-state index contributed by atoms with van der Waals surface area (Å²) >= 11 is 7.67. The highest BCUT2D eigenvalue weighted by molar-refractivity contribution is 8.00. The number of rotatable bonds is 7. The van der Waals surface area contributed by atoms with Gasteiger partial charge in [0.25, 0.3) is 0 Å². The molecule has 1 atom stereocenters. The van der Waals surface area contributed by atoms with Gasteiger partial charge in [-0.15, -0.1) is 11.8 Å². The molecule has 0 aliphatic carbocycles. The lowest BCUT2D eigenvalue weighted by Crippen LogP contribution is -2.40. The molecule has 6 nitrogen and oxygen atoms in total. The molecule has 1 N–H and O–H groups in total. The second-order valence-corrected chi connectivity index (χ2v) is 10.2. The molecule has 1 amide bonds. The van der Waals surface area contributed by atoms with Gasteiger partial charge in [-0.1, -0.05) is 35.9 Å². The molecule has 2 aromatic carbocycles. The van der Waals surface area contributed by atoms with E-state index >= 15 is 0 Å². The van der Waals surface area contributed by atoms with E-state index in [0.717, 1.165) is 5.56 Å². The molecule has 0 unspecified atom stereocenters. The van der Waals surface area contributed by atoms with Crippen LogP contribution < -0.4 is 5.32 Å². The van der Waals surface area contributed by atoms with E-state index in [2.05, 4.69) is 5.32 Å². The molecule has 0 saturated carbocycles. The van der Waals surface area contributed by atoms with E-state index in [0.29, 0.717) is 37.0 Å². The molecule has 1 fully saturated rings. The lowest BCUT2D eigenvalue weighted by atomic mass is 10.2. The second-order valence-electron chi connectivity index (χ2n) is 6.57. The smallest absolute Gasteiger partial charge is 0.243 e.